The normalized spacial score (nSPS) is 12.4. The predicted molar refractivity (Wildman–Crippen MR) is 155 cm³/mol. The van der Waals surface area contributed by atoms with E-state index in [0.717, 1.165) is 5.02 Å². The van der Waals surface area contributed by atoms with Gasteiger partial charge in [0.05, 0.1) is 0 Å². The fourth-order valence-corrected chi connectivity index (χ4v) is 5.22. The monoisotopic (exact) mass is 476 g/mol. The van der Waals surface area contributed by atoms with Crippen LogP contribution < -0.4 is 0 Å². The predicted octanol–water partition coefficient (Wildman–Crippen LogP) is 10.6. The van der Waals surface area contributed by atoms with Crippen LogP contribution in [0.4, 0.5) is 0 Å². The van der Waals surface area contributed by atoms with E-state index in [1.165, 1.54) is 54.9 Å². The lowest BCUT2D eigenvalue weighted by Gasteiger charge is -2.22. The fraction of sp³-hybridized carbons (Fsp3) is 0.235. The Morgan fingerprint density at radius 3 is 1.29 bits per heavy atom. The van der Waals surface area contributed by atoms with Gasteiger partial charge in [-0.05, 0) is 77.9 Å². The summed E-state index contributed by atoms with van der Waals surface area (Å²) < 4.78 is 0. The van der Waals surface area contributed by atoms with Crippen molar-refractivity contribution in [2.24, 2.45) is 0 Å². The molecule has 0 heterocycles. The van der Waals surface area contributed by atoms with Crippen molar-refractivity contribution in [1.82, 2.24) is 0 Å². The number of halogens is 1. The Kier molecular flexibility index (Phi) is 5.77. The molecule has 0 N–H and O–H groups in total. The van der Waals surface area contributed by atoms with Crippen LogP contribution in [0.5, 0.6) is 0 Å². The highest BCUT2D eigenvalue weighted by Crippen LogP contribution is 2.44. The van der Waals surface area contributed by atoms with Crippen molar-refractivity contribution in [2.75, 3.05) is 0 Å². The highest BCUT2D eigenvalue weighted by molar-refractivity contribution is 6.32. The summed E-state index contributed by atoms with van der Waals surface area (Å²) in [6, 6.07) is 33.2. The van der Waals surface area contributed by atoms with E-state index in [2.05, 4.69) is 126 Å². The summed E-state index contributed by atoms with van der Waals surface area (Å²) >= 11 is 6.58. The molecule has 0 amide bonds. The number of hydrogen-bond acceptors (Lipinski definition) is 0. The summed E-state index contributed by atoms with van der Waals surface area (Å²) in [7, 11) is 0. The molecule has 0 nitrogen and oxygen atoms in total. The summed E-state index contributed by atoms with van der Waals surface area (Å²) in [5, 5.41) is 5.69. The van der Waals surface area contributed by atoms with E-state index < -0.39 is 0 Å². The molecule has 0 bridgehead atoms. The summed E-state index contributed by atoms with van der Waals surface area (Å²) in [5.74, 6) is 0. The molecular weight excluding hydrogens is 444 g/mol. The Bertz CT molecular complexity index is 1520. The van der Waals surface area contributed by atoms with Gasteiger partial charge in [-0.15, -0.1) is 0 Å². The number of hydrogen-bond donors (Lipinski definition) is 0. The van der Waals surface area contributed by atoms with Gasteiger partial charge >= 0.3 is 0 Å². The van der Waals surface area contributed by atoms with E-state index in [-0.39, 0.29) is 10.8 Å². The van der Waals surface area contributed by atoms with Crippen molar-refractivity contribution < 1.29 is 0 Å². The minimum Gasteiger partial charge on any atom is -0.0843 e. The van der Waals surface area contributed by atoms with Crippen LogP contribution in [0.3, 0.4) is 0 Å². The first-order chi connectivity index (χ1) is 16.5. The molecule has 0 aliphatic rings. The van der Waals surface area contributed by atoms with Gasteiger partial charge in [-0.25, -0.2) is 0 Å². The molecule has 0 radical (unpaired) electrons. The molecule has 0 fully saturated rings. The van der Waals surface area contributed by atoms with E-state index >= 15 is 0 Å². The summed E-state index contributed by atoms with van der Waals surface area (Å²) in [5.41, 5.74) is 7.88. The van der Waals surface area contributed by atoms with Gasteiger partial charge in [-0.2, -0.15) is 0 Å². The third-order valence-corrected chi connectivity index (χ3v) is 7.30. The third kappa shape index (κ3) is 4.37. The van der Waals surface area contributed by atoms with E-state index in [1.54, 1.807) is 0 Å². The van der Waals surface area contributed by atoms with Gasteiger partial charge in [-0.1, -0.05) is 132 Å². The van der Waals surface area contributed by atoms with Crippen LogP contribution in [-0.4, -0.2) is 0 Å². The van der Waals surface area contributed by atoms with Crippen LogP contribution in [0.2, 0.25) is 5.02 Å². The van der Waals surface area contributed by atoms with Crippen LogP contribution in [0.15, 0.2) is 91.0 Å². The molecule has 35 heavy (non-hydrogen) atoms. The average molecular weight is 477 g/mol. The SMILES string of the molecule is CC(C)(C)c1ccc(-c2c3ccccc3c(-c3ccc(C(C)(C)C)cc3)c3cc(Cl)ccc23)cc1. The van der Waals surface area contributed by atoms with Crippen molar-refractivity contribution in [3.05, 3.63) is 107 Å². The van der Waals surface area contributed by atoms with Gasteiger partial charge in [0, 0.05) is 5.02 Å². The molecule has 5 aromatic carbocycles. The highest BCUT2D eigenvalue weighted by Gasteiger charge is 2.19. The lowest BCUT2D eigenvalue weighted by molar-refractivity contribution is 0.590. The Morgan fingerprint density at radius 2 is 0.857 bits per heavy atom. The van der Waals surface area contributed by atoms with Gasteiger partial charge in [-0.3, -0.25) is 0 Å². The van der Waals surface area contributed by atoms with Crippen molar-refractivity contribution in [2.45, 2.75) is 52.4 Å². The maximum atomic E-state index is 6.58. The molecule has 0 spiro atoms. The van der Waals surface area contributed by atoms with Crippen molar-refractivity contribution in [3.8, 4) is 22.3 Å². The van der Waals surface area contributed by atoms with Crippen molar-refractivity contribution >= 4 is 33.1 Å². The van der Waals surface area contributed by atoms with Gasteiger partial charge in [0.1, 0.15) is 0 Å². The Morgan fingerprint density at radius 1 is 0.457 bits per heavy atom. The van der Waals surface area contributed by atoms with E-state index in [9.17, 15) is 0 Å². The van der Waals surface area contributed by atoms with Gasteiger partial charge < -0.3 is 0 Å². The molecule has 0 unspecified atom stereocenters. The van der Waals surface area contributed by atoms with Gasteiger partial charge in [0.15, 0.2) is 0 Å². The fourth-order valence-electron chi connectivity index (χ4n) is 5.05. The first-order valence-electron chi connectivity index (χ1n) is 12.4. The van der Waals surface area contributed by atoms with Gasteiger partial charge in [0.25, 0.3) is 0 Å². The first kappa shape index (κ1) is 23.6. The van der Waals surface area contributed by atoms with Crippen LogP contribution in [0, 0.1) is 0 Å². The second kappa shape index (κ2) is 8.54. The molecule has 0 aliphatic heterocycles. The Labute approximate surface area is 214 Å². The smallest absolute Gasteiger partial charge is 0.0412 e. The minimum absolute atomic E-state index is 0.120. The second-order valence-electron chi connectivity index (χ2n) is 11.6. The lowest BCUT2D eigenvalue weighted by atomic mass is 9.82. The standard InChI is InChI=1S/C34H33Cl/c1-33(2,3)24-15-11-22(12-16-24)31-27-9-7-8-10-28(27)32(30-21-26(35)19-20-29(30)31)23-13-17-25(18-14-23)34(4,5)6/h7-21H,1-6H3. The van der Waals surface area contributed by atoms with Gasteiger partial charge in [0.2, 0.25) is 0 Å². The number of fused-ring (bicyclic) bond motifs is 2. The molecular formula is C34H33Cl. The Hall–Kier alpha value is -3.09. The average Bonchev–Trinajstić information content (AvgIpc) is 2.81. The van der Waals surface area contributed by atoms with E-state index in [1.807, 2.05) is 6.07 Å². The summed E-state index contributed by atoms with van der Waals surface area (Å²) in [4.78, 5) is 0. The molecule has 0 aromatic heterocycles. The van der Waals surface area contributed by atoms with Crippen molar-refractivity contribution in [1.29, 1.82) is 0 Å². The van der Waals surface area contributed by atoms with E-state index in [4.69, 9.17) is 11.6 Å². The lowest BCUT2D eigenvalue weighted by Crippen LogP contribution is -2.10. The molecule has 0 saturated heterocycles. The maximum absolute atomic E-state index is 6.58. The first-order valence-corrected chi connectivity index (χ1v) is 12.8. The van der Waals surface area contributed by atoms with E-state index in [0.29, 0.717) is 0 Å². The molecule has 176 valence electrons. The maximum Gasteiger partial charge on any atom is 0.0412 e. The largest absolute Gasteiger partial charge is 0.0843 e. The molecule has 0 atom stereocenters. The van der Waals surface area contributed by atoms with Crippen LogP contribution >= 0.6 is 11.6 Å². The second-order valence-corrected chi connectivity index (χ2v) is 12.1. The van der Waals surface area contributed by atoms with Crippen LogP contribution in [0.25, 0.3) is 43.8 Å². The zero-order chi connectivity index (χ0) is 25.0. The van der Waals surface area contributed by atoms with Crippen LogP contribution in [-0.2, 0) is 10.8 Å². The highest BCUT2D eigenvalue weighted by atomic mass is 35.5. The number of benzene rings is 5. The molecule has 0 saturated carbocycles. The third-order valence-electron chi connectivity index (χ3n) is 7.07. The molecule has 0 aliphatic carbocycles. The zero-order valence-corrected chi connectivity index (χ0v) is 22.3. The zero-order valence-electron chi connectivity index (χ0n) is 21.5. The quantitative estimate of drug-likeness (QED) is 0.222. The van der Waals surface area contributed by atoms with Crippen LogP contribution in [0.1, 0.15) is 52.7 Å². The summed E-state index contributed by atoms with van der Waals surface area (Å²) in [6.45, 7) is 13.5. The van der Waals surface area contributed by atoms with Crippen molar-refractivity contribution in [3.63, 3.8) is 0 Å². The minimum atomic E-state index is 0.120. The molecule has 1 heteroatoms. The Balaban J connectivity index is 1.83. The topological polar surface area (TPSA) is 0 Å². The summed E-state index contributed by atoms with van der Waals surface area (Å²) in [6.07, 6.45) is 0. The molecule has 5 aromatic rings. The molecule has 5 rings (SSSR count). The number of rotatable bonds is 2.